The second-order valence-electron chi connectivity index (χ2n) is 7.05. The average Bonchev–Trinajstić information content (AvgIpc) is 3.02. The number of benzene rings is 2. The zero-order chi connectivity index (χ0) is 20.4. The van der Waals surface area contributed by atoms with Crippen LogP contribution in [-0.2, 0) is 28.2 Å². The highest BCUT2D eigenvalue weighted by molar-refractivity contribution is 7.92. The van der Waals surface area contributed by atoms with Crippen LogP contribution in [-0.4, -0.2) is 55.7 Å². The van der Waals surface area contributed by atoms with E-state index in [1.807, 2.05) is 13.1 Å². The molecule has 0 spiro atoms. The molecule has 1 fully saturated rings. The molecule has 2 heterocycles. The molecule has 7 nitrogen and oxygen atoms in total. The van der Waals surface area contributed by atoms with Gasteiger partial charge in [0.1, 0.15) is 5.82 Å². The Morgan fingerprint density at radius 3 is 2.59 bits per heavy atom. The fraction of sp³-hybridized carbons (Fsp3) is 0.350. The molecule has 1 saturated heterocycles. The number of sulfonamides is 1. The number of morpholine rings is 1. The minimum atomic E-state index is -3.69. The van der Waals surface area contributed by atoms with Crippen LogP contribution < -0.4 is 4.72 Å². The van der Waals surface area contributed by atoms with Gasteiger partial charge in [0.15, 0.2) is 0 Å². The largest absolute Gasteiger partial charge is 0.379 e. The highest BCUT2D eigenvalue weighted by Gasteiger charge is 2.16. The molecule has 2 aromatic carbocycles. The Morgan fingerprint density at radius 2 is 1.86 bits per heavy atom. The minimum Gasteiger partial charge on any atom is -0.379 e. The van der Waals surface area contributed by atoms with Crippen molar-refractivity contribution in [2.24, 2.45) is 7.05 Å². The molecule has 154 valence electrons. The molecule has 1 N–H and O–H groups in total. The number of halogens is 1. The van der Waals surface area contributed by atoms with Crippen molar-refractivity contribution in [3.63, 3.8) is 0 Å². The van der Waals surface area contributed by atoms with E-state index in [0.29, 0.717) is 10.7 Å². The Balaban J connectivity index is 1.52. The summed E-state index contributed by atoms with van der Waals surface area (Å²) < 4.78 is 35.3. The van der Waals surface area contributed by atoms with Crippen molar-refractivity contribution in [3.05, 3.63) is 53.3 Å². The van der Waals surface area contributed by atoms with Gasteiger partial charge in [0.05, 0.1) is 34.8 Å². The van der Waals surface area contributed by atoms with Gasteiger partial charge in [-0.2, -0.15) is 0 Å². The number of aryl methyl sites for hydroxylation is 1. The van der Waals surface area contributed by atoms with Crippen LogP contribution in [0.1, 0.15) is 5.82 Å². The molecular weight excluding hydrogens is 412 g/mol. The fourth-order valence-corrected chi connectivity index (χ4v) is 4.62. The molecule has 4 rings (SSSR count). The second-order valence-corrected chi connectivity index (χ2v) is 9.17. The first-order chi connectivity index (χ1) is 13.9. The molecular formula is C20H23ClN4O3S. The molecule has 0 amide bonds. The maximum atomic E-state index is 12.6. The van der Waals surface area contributed by atoms with E-state index in [0.717, 1.165) is 56.1 Å². The molecule has 1 aromatic heterocycles. The van der Waals surface area contributed by atoms with Gasteiger partial charge in [-0.05, 0) is 42.5 Å². The topological polar surface area (TPSA) is 76.5 Å². The molecule has 1 aliphatic rings. The number of fused-ring (bicyclic) bond motifs is 1. The summed E-state index contributed by atoms with van der Waals surface area (Å²) >= 11 is 5.84. The van der Waals surface area contributed by atoms with E-state index >= 15 is 0 Å². The lowest BCUT2D eigenvalue weighted by atomic mass is 10.3. The number of nitrogens with one attached hydrogen (secondary N) is 1. The van der Waals surface area contributed by atoms with E-state index in [2.05, 4.69) is 14.2 Å². The molecule has 0 bridgehead atoms. The van der Waals surface area contributed by atoms with Gasteiger partial charge < -0.3 is 9.30 Å². The van der Waals surface area contributed by atoms with Crippen molar-refractivity contribution < 1.29 is 13.2 Å². The van der Waals surface area contributed by atoms with Crippen molar-refractivity contribution >= 4 is 38.3 Å². The fourth-order valence-electron chi connectivity index (χ4n) is 3.45. The van der Waals surface area contributed by atoms with E-state index in [4.69, 9.17) is 21.3 Å². The molecule has 0 unspecified atom stereocenters. The summed E-state index contributed by atoms with van der Waals surface area (Å²) in [6.07, 6.45) is 0.830. The van der Waals surface area contributed by atoms with Gasteiger partial charge in [0, 0.05) is 38.1 Å². The summed E-state index contributed by atoms with van der Waals surface area (Å²) in [5.41, 5.74) is 2.21. The highest BCUT2D eigenvalue weighted by Crippen LogP contribution is 2.23. The van der Waals surface area contributed by atoms with Crippen LogP contribution in [0.5, 0.6) is 0 Å². The Morgan fingerprint density at radius 1 is 1.14 bits per heavy atom. The lowest BCUT2D eigenvalue weighted by Crippen LogP contribution is -2.37. The zero-order valence-electron chi connectivity index (χ0n) is 16.1. The molecule has 0 radical (unpaired) electrons. The number of anilines is 1. The van der Waals surface area contributed by atoms with Crippen LogP contribution in [0.3, 0.4) is 0 Å². The lowest BCUT2D eigenvalue weighted by Gasteiger charge is -2.26. The quantitative estimate of drug-likeness (QED) is 0.645. The molecule has 0 atom stereocenters. The van der Waals surface area contributed by atoms with Crippen LogP contribution >= 0.6 is 11.6 Å². The average molecular weight is 435 g/mol. The summed E-state index contributed by atoms with van der Waals surface area (Å²) in [6.45, 7) is 4.37. The van der Waals surface area contributed by atoms with Crippen LogP contribution in [0.4, 0.5) is 5.69 Å². The predicted molar refractivity (Wildman–Crippen MR) is 114 cm³/mol. The molecule has 0 aliphatic carbocycles. The molecule has 0 saturated carbocycles. The van der Waals surface area contributed by atoms with Crippen molar-refractivity contribution in [1.82, 2.24) is 14.5 Å². The Bertz CT molecular complexity index is 1110. The number of imidazole rings is 1. The maximum Gasteiger partial charge on any atom is 0.261 e. The van der Waals surface area contributed by atoms with Crippen LogP contribution in [0.25, 0.3) is 11.0 Å². The Kier molecular flexibility index (Phi) is 5.78. The van der Waals surface area contributed by atoms with Gasteiger partial charge >= 0.3 is 0 Å². The molecule has 29 heavy (non-hydrogen) atoms. The monoisotopic (exact) mass is 434 g/mol. The van der Waals surface area contributed by atoms with E-state index in [1.54, 1.807) is 24.3 Å². The molecule has 1 aliphatic heterocycles. The van der Waals surface area contributed by atoms with Gasteiger partial charge in [0.25, 0.3) is 10.0 Å². The first-order valence-electron chi connectivity index (χ1n) is 9.46. The first kappa shape index (κ1) is 20.2. The SMILES string of the molecule is Cn1c(CCN2CCOCC2)nc2cc(NS(=O)(=O)c3ccc(Cl)cc3)ccc21. The van der Waals surface area contributed by atoms with Gasteiger partial charge in [-0.3, -0.25) is 9.62 Å². The van der Waals surface area contributed by atoms with Crippen LogP contribution in [0.15, 0.2) is 47.4 Å². The van der Waals surface area contributed by atoms with E-state index in [9.17, 15) is 8.42 Å². The predicted octanol–water partition coefficient (Wildman–Crippen LogP) is 2.90. The summed E-state index contributed by atoms with van der Waals surface area (Å²) in [5.74, 6) is 0.976. The first-order valence-corrected chi connectivity index (χ1v) is 11.3. The summed E-state index contributed by atoms with van der Waals surface area (Å²) in [5, 5.41) is 0.489. The Labute approximate surface area is 175 Å². The number of hydrogen-bond acceptors (Lipinski definition) is 5. The van der Waals surface area contributed by atoms with Gasteiger partial charge in [0.2, 0.25) is 0 Å². The van der Waals surface area contributed by atoms with E-state index in [-0.39, 0.29) is 4.90 Å². The normalized spacial score (nSPS) is 15.7. The van der Waals surface area contributed by atoms with Crippen LogP contribution in [0, 0.1) is 0 Å². The third-order valence-corrected chi connectivity index (χ3v) is 6.75. The molecule has 3 aromatic rings. The smallest absolute Gasteiger partial charge is 0.261 e. The number of rotatable bonds is 6. The van der Waals surface area contributed by atoms with E-state index < -0.39 is 10.0 Å². The lowest BCUT2D eigenvalue weighted by molar-refractivity contribution is 0.0382. The third-order valence-electron chi connectivity index (χ3n) is 5.10. The maximum absolute atomic E-state index is 12.6. The number of hydrogen-bond donors (Lipinski definition) is 1. The van der Waals surface area contributed by atoms with Gasteiger partial charge in [-0.1, -0.05) is 11.6 Å². The molecule has 9 heteroatoms. The highest BCUT2D eigenvalue weighted by atomic mass is 35.5. The van der Waals surface area contributed by atoms with Crippen LogP contribution in [0.2, 0.25) is 5.02 Å². The van der Waals surface area contributed by atoms with Crippen molar-refractivity contribution in [2.75, 3.05) is 37.6 Å². The number of aromatic nitrogens is 2. The standard InChI is InChI=1S/C20H23ClN4O3S/c1-24-19-7-4-16(23-29(26,27)17-5-2-15(21)3-6-17)14-18(19)22-20(24)8-9-25-10-12-28-13-11-25/h2-7,14,23H,8-13H2,1H3. The Hall–Kier alpha value is -2.13. The summed E-state index contributed by atoms with van der Waals surface area (Å²) in [6, 6.07) is 11.5. The number of ether oxygens (including phenoxy) is 1. The van der Waals surface area contributed by atoms with Crippen molar-refractivity contribution in [2.45, 2.75) is 11.3 Å². The third kappa shape index (κ3) is 4.56. The second kappa shape index (κ2) is 8.31. The van der Waals surface area contributed by atoms with Crippen molar-refractivity contribution in [1.29, 1.82) is 0 Å². The van der Waals surface area contributed by atoms with Crippen molar-refractivity contribution in [3.8, 4) is 0 Å². The number of nitrogens with zero attached hydrogens (tertiary/aromatic N) is 3. The van der Waals surface area contributed by atoms with Gasteiger partial charge in [-0.15, -0.1) is 0 Å². The summed E-state index contributed by atoms with van der Waals surface area (Å²) in [4.78, 5) is 7.26. The summed E-state index contributed by atoms with van der Waals surface area (Å²) in [7, 11) is -1.70. The van der Waals surface area contributed by atoms with Gasteiger partial charge in [-0.25, -0.2) is 13.4 Å². The minimum absolute atomic E-state index is 0.161. The zero-order valence-corrected chi connectivity index (χ0v) is 17.7. The van der Waals surface area contributed by atoms with E-state index in [1.165, 1.54) is 12.1 Å².